The highest BCUT2D eigenvalue weighted by atomic mass is 19.4. The fraction of sp³-hybridized carbons (Fsp3) is 0.417. The summed E-state index contributed by atoms with van der Waals surface area (Å²) in [6.07, 6.45) is -4.71. The Balaban J connectivity index is 3.50. The molecular weight excluding hydrogens is 279 g/mol. The Morgan fingerprint density at radius 2 is 1.65 bits per heavy atom. The van der Waals surface area contributed by atoms with E-state index in [9.17, 15) is 18.0 Å². The van der Waals surface area contributed by atoms with Gasteiger partial charge in [0.05, 0.1) is 26.9 Å². The molecule has 1 rings (SSSR count). The van der Waals surface area contributed by atoms with Crippen molar-refractivity contribution in [2.24, 2.45) is 5.73 Å². The fourth-order valence-corrected chi connectivity index (χ4v) is 1.62. The van der Waals surface area contributed by atoms with Gasteiger partial charge in [-0.05, 0) is 17.7 Å². The van der Waals surface area contributed by atoms with E-state index >= 15 is 0 Å². The molecule has 0 unspecified atom stereocenters. The van der Waals surface area contributed by atoms with Gasteiger partial charge in [-0.3, -0.25) is 0 Å². The average molecular weight is 293 g/mol. The number of alkyl halides is 3. The van der Waals surface area contributed by atoms with Crippen LogP contribution >= 0.6 is 0 Å². The molecule has 0 aliphatic rings. The van der Waals surface area contributed by atoms with Gasteiger partial charge in [0.15, 0.2) is 11.5 Å². The maximum absolute atomic E-state index is 12.8. The number of hydrogen-bond donors (Lipinski definition) is 1. The summed E-state index contributed by atoms with van der Waals surface area (Å²) in [6, 6.07) is -0.217. The van der Waals surface area contributed by atoms with Crippen LogP contribution in [0.5, 0.6) is 11.5 Å². The number of benzene rings is 1. The lowest BCUT2D eigenvalue weighted by Gasteiger charge is -2.20. The summed E-state index contributed by atoms with van der Waals surface area (Å²) >= 11 is 0. The predicted molar refractivity (Wildman–Crippen MR) is 63.9 cm³/mol. The first-order valence-corrected chi connectivity index (χ1v) is 5.42. The van der Waals surface area contributed by atoms with Crippen LogP contribution in [0.4, 0.5) is 13.2 Å². The van der Waals surface area contributed by atoms with Crippen molar-refractivity contribution in [2.75, 3.05) is 21.3 Å². The van der Waals surface area contributed by atoms with Crippen molar-refractivity contribution < 1.29 is 32.2 Å². The Kier molecular flexibility index (Phi) is 4.83. The zero-order valence-corrected chi connectivity index (χ0v) is 11.1. The van der Waals surface area contributed by atoms with Crippen molar-refractivity contribution in [3.63, 3.8) is 0 Å². The lowest BCUT2D eigenvalue weighted by molar-refractivity contribution is -0.149. The minimum atomic E-state index is -4.71. The van der Waals surface area contributed by atoms with Crippen LogP contribution in [0.25, 0.3) is 0 Å². The summed E-state index contributed by atoms with van der Waals surface area (Å²) in [5.41, 5.74) is 4.38. The Hall–Kier alpha value is -1.96. The number of carbonyl (C=O) groups is 1. The van der Waals surface area contributed by atoms with Crippen LogP contribution in [0, 0.1) is 0 Å². The number of nitrogens with two attached hydrogens (primary N) is 1. The van der Waals surface area contributed by atoms with E-state index in [0.717, 1.165) is 19.2 Å². The molecule has 0 aliphatic heterocycles. The van der Waals surface area contributed by atoms with E-state index in [-0.39, 0.29) is 17.1 Å². The summed E-state index contributed by atoms with van der Waals surface area (Å²) in [7, 11) is 3.61. The second-order valence-corrected chi connectivity index (χ2v) is 3.81. The van der Waals surface area contributed by atoms with Crippen LogP contribution < -0.4 is 15.2 Å². The quantitative estimate of drug-likeness (QED) is 0.860. The summed E-state index contributed by atoms with van der Waals surface area (Å²) in [5.74, 6) is -0.804. The molecule has 5 nitrogen and oxygen atoms in total. The number of hydrogen-bond acceptors (Lipinski definition) is 5. The number of rotatable bonds is 4. The van der Waals surface area contributed by atoms with Crippen molar-refractivity contribution in [1.82, 2.24) is 0 Å². The van der Waals surface area contributed by atoms with E-state index in [1.807, 2.05) is 0 Å². The lowest BCUT2D eigenvalue weighted by Crippen LogP contribution is -2.30. The third-order valence-electron chi connectivity index (χ3n) is 2.65. The molecule has 8 heteroatoms. The maximum Gasteiger partial charge on any atom is 0.407 e. The molecule has 0 spiro atoms. The molecule has 0 aromatic heterocycles. The van der Waals surface area contributed by atoms with E-state index in [1.54, 1.807) is 0 Å². The molecule has 0 radical (unpaired) electrons. The summed E-state index contributed by atoms with van der Waals surface area (Å²) < 4.78 is 52.6. The van der Waals surface area contributed by atoms with Gasteiger partial charge >= 0.3 is 12.1 Å². The minimum absolute atomic E-state index is 0.0369. The van der Waals surface area contributed by atoms with Crippen molar-refractivity contribution in [1.29, 1.82) is 0 Å². The molecule has 0 saturated carbocycles. The molecule has 0 bridgehead atoms. The van der Waals surface area contributed by atoms with Crippen molar-refractivity contribution in [3.8, 4) is 11.5 Å². The van der Waals surface area contributed by atoms with Gasteiger partial charge in [-0.25, -0.2) is 4.79 Å². The second-order valence-electron chi connectivity index (χ2n) is 3.81. The van der Waals surface area contributed by atoms with Gasteiger partial charge in [0, 0.05) is 0 Å². The van der Waals surface area contributed by atoms with Crippen molar-refractivity contribution >= 4 is 5.97 Å². The SMILES string of the molecule is COC(=O)c1cc(OC)c(OC)cc1[C@@H](N)C(F)(F)F. The standard InChI is InChI=1S/C12H14F3NO4/c1-18-8-4-6(10(16)12(13,14)15)7(11(17)20-3)5-9(8)19-2/h4-5,10H,16H2,1-3H3/t10-/m1/s1. The molecule has 0 fully saturated rings. The molecule has 0 heterocycles. The zero-order valence-electron chi connectivity index (χ0n) is 11.1. The van der Waals surface area contributed by atoms with E-state index in [4.69, 9.17) is 15.2 Å². The largest absolute Gasteiger partial charge is 0.493 e. The van der Waals surface area contributed by atoms with Crippen LogP contribution in [0.15, 0.2) is 12.1 Å². The van der Waals surface area contributed by atoms with Gasteiger partial charge < -0.3 is 19.9 Å². The van der Waals surface area contributed by atoms with Gasteiger partial charge in [0.2, 0.25) is 0 Å². The molecule has 2 N–H and O–H groups in total. The normalized spacial score (nSPS) is 12.8. The third-order valence-corrected chi connectivity index (χ3v) is 2.65. The van der Waals surface area contributed by atoms with Crippen LogP contribution in [-0.4, -0.2) is 33.5 Å². The predicted octanol–water partition coefficient (Wildman–Crippen LogP) is 2.05. The van der Waals surface area contributed by atoms with E-state index in [2.05, 4.69) is 4.74 Å². The second kappa shape index (κ2) is 6.00. The summed E-state index contributed by atoms with van der Waals surface area (Å²) in [4.78, 5) is 11.6. The van der Waals surface area contributed by atoms with Gasteiger partial charge in [0.1, 0.15) is 6.04 Å². The summed E-state index contributed by atoms with van der Waals surface area (Å²) in [6.45, 7) is 0. The molecule has 0 aliphatic carbocycles. The molecule has 0 saturated heterocycles. The fourth-order valence-electron chi connectivity index (χ4n) is 1.62. The molecule has 1 atom stereocenters. The first-order valence-electron chi connectivity index (χ1n) is 5.42. The van der Waals surface area contributed by atoms with Gasteiger partial charge in [-0.1, -0.05) is 0 Å². The van der Waals surface area contributed by atoms with Crippen molar-refractivity contribution in [3.05, 3.63) is 23.3 Å². The molecule has 1 aromatic rings. The van der Waals surface area contributed by atoms with E-state index in [1.165, 1.54) is 14.2 Å². The highest BCUT2D eigenvalue weighted by molar-refractivity contribution is 5.92. The number of halogens is 3. The first kappa shape index (κ1) is 16.1. The van der Waals surface area contributed by atoms with Crippen LogP contribution in [-0.2, 0) is 4.74 Å². The van der Waals surface area contributed by atoms with Crippen LogP contribution in [0.3, 0.4) is 0 Å². The highest BCUT2D eigenvalue weighted by Crippen LogP contribution is 2.38. The Morgan fingerprint density at radius 3 is 2.05 bits per heavy atom. The Labute approximate surface area is 113 Å². The Bertz CT molecular complexity index is 502. The highest BCUT2D eigenvalue weighted by Gasteiger charge is 2.40. The zero-order chi connectivity index (χ0) is 15.5. The smallest absolute Gasteiger partial charge is 0.407 e. The number of ether oxygens (including phenoxy) is 3. The molecule has 112 valence electrons. The first-order chi connectivity index (χ1) is 9.26. The van der Waals surface area contributed by atoms with Gasteiger partial charge in [0.25, 0.3) is 0 Å². The summed E-state index contributed by atoms with van der Waals surface area (Å²) in [5, 5.41) is 0. The minimum Gasteiger partial charge on any atom is -0.493 e. The topological polar surface area (TPSA) is 70.8 Å². The lowest BCUT2D eigenvalue weighted by atomic mass is 9.99. The maximum atomic E-state index is 12.8. The van der Waals surface area contributed by atoms with Gasteiger partial charge in [-0.2, -0.15) is 13.2 Å². The number of methoxy groups -OCH3 is 3. The number of esters is 1. The van der Waals surface area contributed by atoms with Crippen LogP contribution in [0.2, 0.25) is 0 Å². The van der Waals surface area contributed by atoms with Crippen molar-refractivity contribution in [2.45, 2.75) is 12.2 Å². The van der Waals surface area contributed by atoms with E-state index in [0.29, 0.717) is 0 Å². The Morgan fingerprint density at radius 1 is 1.15 bits per heavy atom. The molecular formula is C12H14F3NO4. The molecule has 0 amide bonds. The number of carbonyl (C=O) groups excluding carboxylic acids is 1. The van der Waals surface area contributed by atoms with Gasteiger partial charge in [-0.15, -0.1) is 0 Å². The van der Waals surface area contributed by atoms with E-state index < -0.39 is 23.8 Å². The monoisotopic (exact) mass is 293 g/mol. The molecule has 20 heavy (non-hydrogen) atoms. The molecule has 1 aromatic carbocycles. The van der Waals surface area contributed by atoms with Crippen LogP contribution in [0.1, 0.15) is 22.0 Å². The third kappa shape index (κ3) is 3.13. The average Bonchev–Trinajstić information content (AvgIpc) is 2.42.